The van der Waals surface area contributed by atoms with Gasteiger partial charge in [0.1, 0.15) is 0 Å². The van der Waals surface area contributed by atoms with Gasteiger partial charge in [-0.2, -0.15) is 0 Å². The number of hydrogen-bond donors (Lipinski definition) is 1. The summed E-state index contributed by atoms with van der Waals surface area (Å²) in [5, 5.41) is 10.5. The van der Waals surface area contributed by atoms with Crippen molar-refractivity contribution in [2.75, 3.05) is 6.61 Å². The van der Waals surface area contributed by atoms with E-state index >= 15 is 0 Å². The molecule has 2 fully saturated rings. The van der Waals surface area contributed by atoms with Gasteiger partial charge in [-0.25, -0.2) is 0 Å². The van der Waals surface area contributed by atoms with Crippen molar-refractivity contribution < 1.29 is 14.6 Å². The van der Waals surface area contributed by atoms with Crippen LogP contribution < -0.4 is 0 Å². The highest BCUT2D eigenvalue weighted by molar-refractivity contribution is 5.14. The maximum Gasteiger partial charge on any atom is 0.157 e. The largest absolute Gasteiger partial charge is 0.393 e. The molecule has 1 heterocycles. The van der Waals surface area contributed by atoms with Crippen molar-refractivity contribution in [2.24, 2.45) is 5.92 Å². The van der Waals surface area contributed by atoms with E-state index in [1.165, 1.54) is 18.4 Å². The monoisotopic (exact) mass is 332 g/mol. The molecule has 3 nitrogen and oxygen atoms in total. The molecule has 1 N–H and O–H groups in total. The van der Waals surface area contributed by atoms with Gasteiger partial charge in [-0.15, -0.1) is 0 Å². The molecule has 0 amide bonds. The molecule has 2 unspecified atom stereocenters. The summed E-state index contributed by atoms with van der Waals surface area (Å²) in [4.78, 5) is 0. The van der Waals surface area contributed by atoms with Gasteiger partial charge in [0.2, 0.25) is 0 Å². The van der Waals surface area contributed by atoms with Crippen molar-refractivity contribution in [3.8, 4) is 0 Å². The molecule has 24 heavy (non-hydrogen) atoms. The lowest BCUT2D eigenvalue weighted by molar-refractivity contribution is -0.195. The summed E-state index contributed by atoms with van der Waals surface area (Å²) in [5.41, 5.74) is 1.37. The van der Waals surface area contributed by atoms with E-state index in [0.29, 0.717) is 12.0 Å². The lowest BCUT2D eigenvalue weighted by Gasteiger charge is -2.34. The first-order valence-corrected chi connectivity index (χ1v) is 9.80. The van der Waals surface area contributed by atoms with Crippen LogP contribution in [0.1, 0.15) is 63.4 Å². The van der Waals surface area contributed by atoms with Crippen molar-refractivity contribution in [3.05, 3.63) is 35.9 Å². The lowest BCUT2D eigenvalue weighted by Crippen LogP contribution is -2.33. The zero-order chi connectivity index (χ0) is 16.6. The number of hydrogen-bond acceptors (Lipinski definition) is 3. The second kappa shape index (κ2) is 9.55. The van der Waals surface area contributed by atoms with Crippen molar-refractivity contribution >= 4 is 0 Å². The Morgan fingerprint density at radius 3 is 2.54 bits per heavy atom. The highest BCUT2D eigenvalue weighted by atomic mass is 16.7. The minimum absolute atomic E-state index is 0.0242. The van der Waals surface area contributed by atoms with Crippen molar-refractivity contribution in [1.82, 2.24) is 0 Å². The van der Waals surface area contributed by atoms with Gasteiger partial charge in [-0.05, 0) is 75.7 Å². The van der Waals surface area contributed by atoms with Crippen molar-refractivity contribution in [1.29, 1.82) is 0 Å². The summed E-state index contributed by atoms with van der Waals surface area (Å²) in [5.74, 6) is 0.452. The van der Waals surface area contributed by atoms with Crippen molar-refractivity contribution in [3.63, 3.8) is 0 Å². The van der Waals surface area contributed by atoms with Crippen LogP contribution >= 0.6 is 0 Å². The fourth-order valence-electron chi connectivity index (χ4n) is 4.04. The summed E-state index contributed by atoms with van der Waals surface area (Å²) < 4.78 is 11.8. The van der Waals surface area contributed by atoms with Crippen LogP contribution in [0.25, 0.3) is 0 Å². The van der Waals surface area contributed by atoms with Gasteiger partial charge in [0.05, 0.1) is 12.2 Å². The number of benzene rings is 1. The molecule has 134 valence electrons. The van der Waals surface area contributed by atoms with E-state index in [4.69, 9.17) is 9.47 Å². The molecular weight excluding hydrogens is 300 g/mol. The first kappa shape index (κ1) is 17.9. The Labute approximate surface area is 146 Å². The van der Waals surface area contributed by atoms with E-state index in [2.05, 4.69) is 30.3 Å². The predicted octanol–water partition coefficient (Wildman–Crippen LogP) is 4.47. The molecule has 0 radical (unpaired) electrons. The Balaban J connectivity index is 1.32. The summed E-state index contributed by atoms with van der Waals surface area (Å²) >= 11 is 0. The molecule has 1 aromatic carbocycles. The molecule has 1 aromatic rings. The van der Waals surface area contributed by atoms with Gasteiger partial charge < -0.3 is 14.6 Å². The smallest absolute Gasteiger partial charge is 0.157 e. The first-order chi connectivity index (χ1) is 11.8. The summed E-state index contributed by atoms with van der Waals surface area (Å²) in [6.45, 7) is 0.847. The van der Waals surface area contributed by atoms with Crippen LogP contribution in [0.5, 0.6) is 0 Å². The predicted molar refractivity (Wildman–Crippen MR) is 95.8 cm³/mol. The van der Waals surface area contributed by atoms with Crippen LogP contribution in [0.15, 0.2) is 30.3 Å². The standard InChI is InChI=1S/C21H32O3/c22-20(10-6-9-17-7-2-1-3-8-17)18-12-14-19(15-13-18)24-21-11-4-5-16-23-21/h1-3,7-8,18-22H,4-6,9-16H2/t18-,19+,20?,21?. The second-order valence-corrected chi connectivity index (χ2v) is 7.41. The van der Waals surface area contributed by atoms with E-state index in [9.17, 15) is 5.11 Å². The van der Waals surface area contributed by atoms with E-state index < -0.39 is 0 Å². The fraction of sp³-hybridized carbons (Fsp3) is 0.714. The third-order valence-corrected chi connectivity index (χ3v) is 5.55. The highest BCUT2D eigenvalue weighted by Crippen LogP contribution is 2.32. The summed E-state index contributed by atoms with van der Waals surface area (Å²) in [6, 6.07) is 10.6. The molecule has 1 aliphatic carbocycles. The molecule has 3 rings (SSSR count). The topological polar surface area (TPSA) is 38.7 Å². The molecule has 0 spiro atoms. The van der Waals surface area contributed by atoms with Crippen LogP contribution in [0.2, 0.25) is 0 Å². The molecule has 3 heteroatoms. The van der Waals surface area contributed by atoms with Gasteiger partial charge in [-0.1, -0.05) is 30.3 Å². The molecule has 2 aliphatic rings. The number of aliphatic hydroxyl groups excluding tert-OH is 1. The zero-order valence-corrected chi connectivity index (χ0v) is 14.7. The Kier molecular flexibility index (Phi) is 7.13. The Morgan fingerprint density at radius 2 is 1.83 bits per heavy atom. The van der Waals surface area contributed by atoms with Gasteiger partial charge in [0.25, 0.3) is 0 Å². The summed E-state index contributed by atoms with van der Waals surface area (Å²) in [6.07, 6.45) is 11.0. The van der Waals surface area contributed by atoms with Crippen LogP contribution in [-0.2, 0) is 15.9 Å². The van der Waals surface area contributed by atoms with E-state index in [1.807, 2.05) is 0 Å². The normalized spacial score (nSPS) is 29.3. The lowest BCUT2D eigenvalue weighted by atomic mass is 9.82. The van der Waals surface area contributed by atoms with Gasteiger partial charge >= 0.3 is 0 Å². The Hall–Kier alpha value is -0.900. The maximum atomic E-state index is 10.5. The van der Waals surface area contributed by atoms with Gasteiger partial charge in [0.15, 0.2) is 6.29 Å². The minimum atomic E-state index is -0.152. The van der Waals surface area contributed by atoms with Crippen LogP contribution in [0, 0.1) is 5.92 Å². The molecule has 2 atom stereocenters. The fourth-order valence-corrected chi connectivity index (χ4v) is 4.04. The molecule has 1 aliphatic heterocycles. The minimum Gasteiger partial charge on any atom is -0.393 e. The number of aryl methyl sites for hydroxylation is 1. The van der Waals surface area contributed by atoms with Gasteiger partial charge in [0, 0.05) is 6.61 Å². The van der Waals surface area contributed by atoms with Crippen LogP contribution in [0.4, 0.5) is 0 Å². The number of aliphatic hydroxyl groups is 1. The molecular formula is C21H32O3. The average Bonchev–Trinajstić information content (AvgIpc) is 2.64. The van der Waals surface area contributed by atoms with Crippen LogP contribution in [-0.4, -0.2) is 30.2 Å². The molecule has 1 saturated carbocycles. The molecule has 1 saturated heterocycles. The Morgan fingerprint density at radius 1 is 1.04 bits per heavy atom. The van der Waals surface area contributed by atoms with Crippen molar-refractivity contribution in [2.45, 2.75) is 82.7 Å². The molecule has 0 aromatic heterocycles. The second-order valence-electron chi connectivity index (χ2n) is 7.41. The third-order valence-electron chi connectivity index (χ3n) is 5.55. The first-order valence-electron chi connectivity index (χ1n) is 9.80. The van der Waals surface area contributed by atoms with Gasteiger partial charge in [-0.3, -0.25) is 0 Å². The number of ether oxygens (including phenoxy) is 2. The average molecular weight is 332 g/mol. The highest BCUT2D eigenvalue weighted by Gasteiger charge is 2.28. The van der Waals surface area contributed by atoms with Crippen LogP contribution in [0.3, 0.4) is 0 Å². The Bertz CT molecular complexity index is 447. The zero-order valence-electron chi connectivity index (χ0n) is 14.7. The summed E-state index contributed by atoms with van der Waals surface area (Å²) in [7, 11) is 0. The molecule has 0 bridgehead atoms. The quantitative estimate of drug-likeness (QED) is 0.800. The van der Waals surface area contributed by atoms with E-state index in [1.54, 1.807) is 0 Å². The van der Waals surface area contributed by atoms with E-state index in [-0.39, 0.29) is 12.4 Å². The SMILES string of the molecule is OC(CCCc1ccccc1)[C@H]1CC[C@@H](OC2CCCCO2)CC1. The third kappa shape index (κ3) is 5.58. The maximum absolute atomic E-state index is 10.5. The number of rotatable bonds is 7. The van der Waals surface area contributed by atoms with E-state index in [0.717, 1.165) is 58.0 Å².